The molecule has 0 N–H and O–H groups in total. The molecule has 1 nitrogen and oxygen atoms in total. The summed E-state index contributed by atoms with van der Waals surface area (Å²) in [6.07, 6.45) is 5.76. The molecule has 0 bridgehead atoms. The van der Waals surface area contributed by atoms with Crippen LogP contribution < -0.4 is 5.32 Å². The van der Waals surface area contributed by atoms with Crippen molar-refractivity contribution in [3.8, 4) is 0 Å². The molecule has 0 aromatic rings. The molecule has 2 heteroatoms. The van der Waals surface area contributed by atoms with E-state index in [1.807, 2.05) is 30.2 Å². The minimum atomic E-state index is 0.302. The molecule has 1 radical (unpaired) electrons. The van der Waals surface area contributed by atoms with Crippen LogP contribution in [0.5, 0.6) is 0 Å². The first-order valence-corrected chi connectivity index (χ1v) is 4.15. The molecule has 1 heterocycles. The minimum absolute atomic E-state index is 0.302. The van der Waals surface area contributed by atoms with Gasteiger partial charge in [-0.3, -0.25) is 5.32 Å². The van der Waals surface area contributed by atoms with E-state index in [0.29, 0.717) is 4.75 Å². The SMILES string of the molecule is CC(C)(C)SC1=C[N]C=C1. The first kappa shape index (κ1) is 7.73. The highest BCUT2D eigenvalue weighted by molar-refractivity contribution is 8.04. The maximum absolute atomic E-state index is 3.99. The normalized spacial score (nSPS) is 16.9. The molecule has 0 aromatic heterocycles. The molecular formula is C8H12NS. The Kier molecular flexibility index (Phi) is 2.09. The zero-order valence-electron chi connectivity index (χ0n) is 6.59. The molecule has 0 saturated heterocycles. The van der Waals surface area contributed by atoms with Gasteiger partial charge in [-0.15, -0.1) is 11.8 Å². The highest BCUT2D eigenvalue weighted by Crippen LogP contribution is 2.32. The van der Waals surface area contributed by atoms with Gasteiger partial charge >= 0.3 is 0 Å². The fourth-order valence-electron chi connectivity index (χ4n) is 0.690. The van der Waals surface area contributed by atoms with E-state index < -0.39 is 0 Å². The van der Waals surface area contributed by atoms with Gasteiger partial charge in [0.15, 0.2) is 0 Å². The second-order valence-electron chi connectivity index (χ2n) is 3.21. The van der Waals surface area contributed by atoms with Crippen molar-refractivity contribution >= 4 is 11.8 Å². The minimum Gasteiger partial charge on any atom is -0.264 e. The van der Waals surface area contributed by atoms with E-state index in [1.54, 1.807) is 0 Å². The molecule has 0 fully saturated rings. The fourth-order valence-corrected chi connectivity index (χ4v) is 1.64. The molecule has 10 heavy (non-hydrogen) atoms. The van der Waals surface area contributed by atoms with Crippen molar-refractivity contribution in [1.82, 2.24) is 5.32 Å². The molecule has 0 saturated carbocycles. The quantitative estimate of drug-likeness (QED) is 0.566. The smallest absolute Gasteiger partial charge is 0.0404 e. The lowest BCUT2D eigenvalue weighted by Crippen LogP contribution is -2.06. The van der Waals surface area contributed by atoms with E-state index in [0.717, 1.165) is 0 Å². The summed E-state index contributed by atoms with van der Waals surface area (Å²) in [4.78, 5) is 1.26. The third-order valence-electron chi connectivity index (χ3n) is 0.951. The van der Waals surface area contributed by atoms with Crippen LogP contribution in [0.3, 0.4) is 0 Å². The molecule has 1 aliphatic heterocycles. The van der Waals surface area contributed by atoms with Crippen molar-refractivity contribution in [1.29, 1.82) is 0 Å². The van der Waals surface area contributed by atoms with Crippen molar-refractivity contribution in [2.24, 2.45) is 0 Å². The fraction of sp³-hybridized carbons (Fsp3) is 0.500. The zero-order chi connectivity index (χ0) is 7.61. The molecule has 0 atom stereocenters. The lowest BCUT2D eigenvalue weighted by Gasteiger charge is -2.16. The third-order valence-corrected chi connectivity index (χ3v) is 2.04. The van der Waals surface area contributed by atoms with Crippen molar-refractivity contribution < 1.29 is 0 Å². The van der Waals surface area contributed by atoms with Crippen LogP contribution in [0.2, 0.25) is 0 Å². The second-order valence-corrected chi connectivity index (χ2v) is 5.11. The van der Waals surface area contributed by atoms with Crippen LogP contribution in [-0.4, -0.2) is 4.75 Å². The van der Waals surface area contributed by atoms with Crippen molar-refractivity contribution in [3.63, 3.8) is 0 Å². The first-order valence-electron chi connectivity index (χ1n) is 3.34. The zero-order valence-corrected chi connectivity index (χ0v) is 7.40. The van der Waals surface area contributed by atoms with E-state index in [4.69, 9.17) is 0 Å². The number of allylic oxidation sites excluding steroid dienone is 1. The van der Waals surface area contributed by atoms with Crippen LogP contribution in [0.15, 0.2) is 23.4 Å². The maximum Gasteiger partial charge on any atom is 0.0404 e. The monoisotopic (exact) mass is 154 g/mol. The molecular weight excluding hydrogens is 142 g/mol. The largest absolute Gasteiger partial charge is 0.264 e. The Morgan fingerprint density at radius 3 is 2.50 bits per heavy atom. The van der Waals surface area contributed by atoms with Gasteiger partial charge in [0.05, 0.1) is 0 Å². The number of rotatable bonds is 1. The topological polar surface area (TPSA) is 14.1 Å². The Morgan fingerprint density at radius 1 is 1.40 bits per heavy atom. The third kappa shape index (κ3) is 2.48. The van der Waals surface area contributed by atoms with Crippen LogP contribution in [0.4, 0.5) is 0 Å². The number of nitrogens with zero attached hydrogens (tertiary/aromatic N) is 1. The van der Waals surface area contributed by atoms with Crippen molar-refractivity contribution in [3.05, 3.63) is 23.4 Å². The van der Waals surface area contributed by atoms with Crippen LogP contribution in [-0.2, 0) is 0 Å². The molecule has 0 aromatic carbocycles. The summed E-state index contributed by atoms with van der Waals surface area (Å²) < 4.78 is 0.302. The van der Waals surface area contributed by atoms with E-state index in [9.17, 15) is 0 Å². The van der Waals surface area contributed by atoms with Gasteiger partial charge in [-0.25, -0.2) is 0 Å². The predicted molar refractivity (Wildman–Crippen MR) is 46.7 cm³/mol. The standard InChI is InChI=1S/C8H12NS/c1-8(2,3)10-7-4-5-9-6-7/h4-6H,1-3H3. The average molecular weight is 154 g/mol. The number of hydrogen-bond donors (Lipinski definition) is 0. The first-order chi connectivity index (χ1) is 4.58. The summed E-state index contributed by atoms with van der Waals surface area (Å²) in [7, 11) is 0. The Hall–Kier alpha value is -0.370. The van der Waals surface area contributed by atoms with Crippen LogP contribution in [0, 0.1) is 0 Å². The summed E-state index contributed by atoms with van der Waals surface area (Å²) in [5.74, 6) is 0. The molecule has 0 spiro atoms. The van der Waals surface area contributed by atoms with Gasteiger partial charge in [-0.05, 0) is 6.08 Å². The molecule has 0 amide bonds. The van der Waals surface area contributed by atoms with E-state index >= 15 is 0 Å². The predicted octanol–water partition coefficient (Wildman–Crippen LogP) is 2.49. The van der Waals surface area contributed by atoms with Gasteiger partial charge in [0.25, 0.3) is 0 Å². The summed E-state index contributed by atoms with van der Waals surface area (Å²) in [6.45, 7) is 6.60. The number of thioether (sulfide) groups is 1. The van der Waals surface area contributed by atoms with Crippen LogP contribution in [0.1, 0.15) is 20.8 Å². The summed E-state index contributed by atoms with van der Waals surface area (Å²) in [5, 5.41) is 3.99. The van der Waals surface area contributed by atoms with E-state index in [2.05, 4.69) is 26.1 Å². The Balaban J connectivity index is 2.46. The average Bonchev–Trinajstić information content (AvgIpc) is 2.12. The summed E-state index contributed by atoms with van der Waals surface area (Å²) >= 11 is 1.84. The lowest BCUT2D eigenvalue weighted by atomic mass is 10.3. The Bertz CT molecular complexity index is 174. The van der Waals surface area contributed by atoms with E-state index in [1.165, 1.54) is 4.91 Å². The van der Waals surface area contributed by atoms with Gasteiger partial charge in [-0.2, -0.15) is 0 Å². The second kappa shape index (κ2) is 2.70. The summed E-state index contributed by atoms with van der Waals surface area (Å²) in [6, 6.07) is 0. The molecule has 0 aliphatic carbocycles. The molecule has 55 valence electrons. The van der Waals surface area contributed by atoms with Crippen LogP contribution >= 0.6 is 11.8 Å². The highest BCUT2D eigenvalue weighted by Gasteiger charge is 2.13. The molecule has 1 rings (SSSR count). The highest BCUT2D eigenvalue weighted by atomic mass is 32.2. The van der Waals surface area contributed by atoms with Crippen molar-refractivity contribution in [2.45, 2.75) is 25.5 Å². The molecule has 1 aliphatic rings. The van der Waals surface area contributed by atoms with E-state index in [-0.39, 0.29) is 0 Å². The Morgan fingerprint density at radius 2 is 2.10 bits per heavy atom. The van der Waals surface area contributed by atoms with Gasteiger partial charge in [0, 0.05) is 22.1 Å². The Labute approximate surface area is 66.6 Å². The molecule has 0 unspecified atom stereocenters. The summed E-state index contributed by atoms with van der Waals surface area (Å²) in [5.41, 5.74) is 0. The van der Waals surface area contributed by atoms with Crippen LogP contribution in [0.25, 0.3) is 0 Å². The van der Waals surface area contributed by atoms with Gasteiger partial charge < -0.3 is 0 Å². The lowest BCUT2D eigenvalue weighted by molar-refractivity contribution is 0.807. The number of hydrogen-bond acceptors (Lipinski definition) is 1. The van der Waals surface area contributed by atoms with Gasteiger partial charge in [0.1, 0.15) is 0 Å². The van der Waals surface area contributed by atoms with Gasteiger partial charge in [-0.1, -0.05) is 20.8 Å². The van der Waals surface area contributed by atoms with Gasteiger partial charge in [0.2, 0.25) is 0 Å². The maximum atomic E-state index is 3.99. The van der Waals surface area contributed by atoms with Crippen molar-refractivity contribution in [2.75, 3.05) is 0 Å².